The van der Waals surface area contributed by atoms with Gasteiger partial charge in [-0.1, -0.05) is 6.92 Å². The zero-order valence-corrected chi connectivity index (χ0v) is 14.0. The molecule has 24 heavy (non-hydrogen) atoms. The molecule has 0 bridgehead atoms. The Morgan fingerprint density at radius 3 is 2.79 bits per heavy atom. The average molecular weight is 333 g/mol. The van der Waals surface area contributed by atoms with E-state index >= 15 is 0 Å². The van der Waals surface area contributed by atoms with Gasteiger partial charge >= 0.3 is 6.03 Å². The number of carbonyl (C=O) groups excluding carboxylic acids is 3. The second-order valence-corrected chi connectivity index (χ2v) is 6.89. The van der Waals surface area contributed by atoms with Crippen molar-refractivity contribution in [2.24, 2.45) is 5.92 Å². The Hall–Kier alpha value is -2.31. The van der Waals surface area contributed by atoms with Crippen LogP contribution in [0, 0.1) is 5.92 Å². The van der Waals surface area contributed by atoms with E-state index in [1.54, 1.807) is 19.1 Å². The van der Waals surface area contributed by atoms with Crippen LogP contribution in [-0.4, -0.2) is 34.8 Å². The van der Waals surface area contributed by atoms with Crippen molar-refractivity contribution in [3.63, 3.8) is 0 Å². The molecule has 1 saturated heterocycles. The molecular formula is C17H23N3O4. The van der Waals surface area contributed by atoms with E-state index < -0.39 is 11.6 Å². The Kier molecular flexibility index (Phi) is 4.34. The first-order chi connectivity index (χ1) is 11.4. The average Bonchev–Trinajstić information content (AvgIpc) is 3.15. The van der Waals surface area contributed by atoms with Gasteiger partial charge in [-0.2, -0.15) is 0 Å². The van der Waals surface area contributed by atoms with Crippen LogP contribution in [0.25, 0.3) is 0 Å². The quantitative estimate of drug-likeness (QED) is 0.824. The van der Waals surface area contributed by atoms with Crippen molar-refractivity contribution in [3.8, 4) is 0 Å². The fourth-order valence-corrected chi connectivity index (χ4v) is 3.45. The summed E-state index contributed by atoms with van der Waals surface area (Å²) in [5, 5.41) is 5.56. The molecule has 7 nitrogen and oxygen atoms in total. The Bertz CT molecular complexity index is 632. The standard InChI is InChI=1S/C17H23N3O4/c1-11-5-7-17(8-6-11)15(22)20(16(23)19-17)10-14(21)18-12(2)13-4-3-9-24-13/h3-4,9,11-12H,5-8,10H2,1-2H3,(H,18,21)(H,19,23)/t11?,12-,17?/m0/s1. The Balaban J connectivity index is 1.61. The van der Waals surface area contributed by atoms with E-state index in [4.69, 9.17) is 4.42 Å². The van der Waals surface area contributed by atoms with Crippen LogP contribution in [0.5, 0.6) is 0 Å². The molecule has 0 unspecified atom stereocenters. The summed E-state index contributed by atoms with van der Waals surface area (Å²) < 4.78 is 5.23. The molecule has 1 aliphatic heterocycles. The van der Waals surface area contributed by atoms with Crippen LogP contribution in [0.3, 0.4) is 0 Å². The van der Waals surface area contributed by atoms with Crippen LogP contribution in [0.1, 0.15) is 51.3 Å². The fourth-order valence-electron chi connectivity index (χ4n) is 3.45. The second-order valence-electron chi connectivity index (χ2n) is 6.89. The number of rotatable bonds is 4. The largest absolute Gasteiger partial charge is 0.467 e. The SMILES string of the molecule is CC1CCC2(CC1)NC(=O)N(CC(=O)N[C@@H](C)c1ccco1)C2=O. The maximum absolute atomic E-state index is 12.7. The smallest absolute Gasteiger partial charge is 0.325 e. The third-order valence-corrected chi connectivity index (χ3v) is 5.02. The van der Waals surface area contributed by atoms with Gasteiger partial charge in [0.05, 0.1) is 12.3 Å². The molecule has 1 saturated carbocycles. The van der Waals surface area contributed by atoms with Gasteiger partial charge in [0, 0.05) is 0 Å². The highest BCUT2D eigenvalue weighted by Crippen LogP contribution is 2.36. The molecule has 3 rings (SSSR count). The van der Waals surface area contributed by atoms with E-state index in [1.807, 2.05) is 0 Å². The van der Waals surface area contributed by atoms with E-state index in [-0.39, 0.29) is 24.4 Å². The Morgan fingerprint density at radius 2 is 2.17 bits per heavy atom. The number of nitrogens with one attached hydrogen (secondary N) is 2. The third-order valence-electron chi connectivity index (χ3n) is 5.02. The van der Waals surface area contributed by atoms with Crippen LogP contribution >= 0.6 is 0 Å². The Morgan fingerprint density at radius 1 is 1.46 bits per heavy atom. The molecule has 0 radical (unpaired) electrons. The molecule has 1 aliphatic carbocycles. The van der Waals surface area contributed by atoms with Crippen LogP contribution < -0.4 is 10.6 Å². The molecule has 2 fully saturated rings. The zero-order valence-electron chi connectivity index (χ0n) is 14.0. The molecule has 0 aromatic carbocycles. The van der Waals surface area contributed by atoms with E-state index in [1.165, 1.54) is 6.26 Å². The van der Waals surface area contributed by atoms with E-state index in [2.05, 4.69) is 17.6 Å². The number of carbonyl (C=O) groups is 3. The summed E-state index contributed by atoms with van der Waals surface area (Å²) in [6, 6.07) is 2.70. The second kappa shape index (κ2) is 6.30. The first-order valence-corrected chi connectivity index (χ1v) is 8.38. The molecule has 1 aromatic rings. The predicted molar refractivity (Wildman–Crippen MR) is 85.9 cm³/mol. The molecular weight excluding hydrogens is 310 g/mol. The molecule has 1 atom stereocenters. The number of hydrogen-bond acceptors (Lipinski definition) is 4. The van der Waals surface area contributed by atoms with Gasteiger partial charge in [0.2, 0.25) is 5.91 Å². The summed E-state index contributed by atoms with van der Waals surface area (Å²) in [6.45, 7) is 3.66. The van der Waals surface area contributed by atoms with Crippen molar-refractivity contribution < 1.29 is 18.8 Å². The van der Waals surface area contributed by atoms with Gasteiger partial charge in [0.15, 0.2) is 0 Å². The molecule has 4 amide bonds. The summed E-state index contributed by atoms with van der Waals surface area (Å²) in [5.41, 5.74) is -0.809. The molecule has 2 N–H and O–H groups in total. The number of urea groups is 1. The molecule has 2 aliphatic rings. The van der Waals surface area contributed by atoms with Crippen LogP contribution in [0.4, 0.5) is 4.79 Å². The first-order valence-electron chi connectivity index (χ1n) is 8.38. The summed E-state index contributed by atoms with van der Waals surface area (Å²) in [4.78, 5) is 38.1. The summed E-state index contributed by atoms with van der Waals surface area (Å²) in [5.74, 6) is 0.522. The number of nitrogens with zero attached hydrogens (tertiary/aromatic N) is 1. The lowest BCUT2D eigenvalue weighted by atomic mass is 9.77. The summed E-state index contributed by atoms with van der Waals surface area (Å²) >= 11 is 0. The highest BCUT2D eigenvalue weighted by atomic mass is 16.3. The van der Waals surface area contributed by atoms with Crippen molar-refractivity contribution in [3.05, 3.63) is 24.2 Å². The minimum atomic E-state index is -0.809. The fraction of sp³-hybridized carbons (Fsp3) is 0.588. The topological polar surface area (TPSA) is 91.7 Å². The first kappa shape index (κ1) is 16.5. The van der Waals surface area contributed by atoms with Gasteiger partial charge in [-0.25, -0.2) is 4.79 Å². The highest BCUT2D eigenvalue weighted by Gasteiger charge is 2.52. The number of hydrogen-bond donors (Lipinski definition) is 2. The number of furan rings is 1. The molecule has 7 heteroatoms. The third kappa shape index (κ3) is 3.02. The van der Waals surface area contributed by atoms with Crippen molar-refractivity contribution in [2.45, 2.75) is 51.1 Å². The van der Waals surface area contributed by atoms with Crippen LogP contribution in [-0.2, 0) is 9.59 Å². The van der Waals surface area contributed by atoms with E-state index in [0.29, 0.717) is 24.5 Å². The van der Waals surface area contributed by atoms with E-state index in [0.717, 1.165) is 17.7 Å². The maximum Gasteiger partial charge on any atom is 0.325 e. The minimum Gasteiger partial charge on any atom is -0.467 e. The van der Waals surface area contributed by atoms with Gasteiger partial charge in [-0.15, -0.1) is 0 Å². The molecule has 2 heterocycles. The number of amides is 4. The molecule has 1 aromatic heterocycles. The number of imide groups is 1. The summed E-state index contributed by atoms with van der Waals surface area (Å²) in [7, 11) is 0. The van der Waals surface area contributed by atoms with Gasteiger partial charge < -0.3 is 15.1 Å². The molecule has 130 valence electrons. The lowest BCUT2D eigenvalue weighted by molar-refractivity contribution is -0.136. The maximum atomic E-state index is 12.7. The lowest BCUT2D eigenvalue weighted by Crippen LogP contribution is -2.50. The van der Waals surface area contributed by atoms with Crippen molar-refractivity contribution in [1.82, 2.24) is 15.5 Å². The summed E-state index contributed by atoms with van der Waals surface area (Å²) in [6.07, 6.45) is 4.62. The van der Waals surface area contributed by atoms with Gasteiger partial charge in [-0.05, 0) is 50.7 Å². The van der Waals surface area contributed by atoms with Gasteiger partial charge in [0.1, 0.15) is 17.8 Å². The zero-order chi connectivity index (χ0) is 17.3. The van der Waals surface area contributed by atoms with E-state index in [9.17, 15) is 14.4 Å². The van der Waals surface area contributed by atoms with Crippen molar-refractivity contribution in [1.29, 1.82) is 0 Å². The Labute approximate surface area is 140 Å². The van der Waals surface area contributed by atoms with Gasteiger partial charge in [-0.3, -0.25) is 14.5 Å². The predicted octanol–water partition coefficient (Wildman–Crippen LogP) is 1.96. The normalized spacial score (nSPS) is 28.1. The minimum absolute atomic E-state index is 0.271. The lowest BCUT2D eigenvalue weighted by Gasteiger charge is -2.33. The highest BCUT2D eigenvalue weighted by molar-refractivity contribution is 6.09. The van der Waals surface area contributed by atoms with Crippen molar-refractivity contribution >= 4 is 17.8 Å². The monoisotopic (exact) mass is 333 g/mol. The van der Waals surface area contributed by atoms with Gasteiger partial charge in [0.25, 0.3) is 5.91 Å². The van der Waals surface area contributed by atoms with Crippen LogP contribution in [0.2, 0.25) is 0 Å². The molecule has 1 spiro atoms. The van der Waals surface area contributed by atoms with Crippen molar-refractivity contribution in [2.75, 3.05) is 6.54 Å². The van der Waals surface area contributed by atoms with Crippen LogP contribution in [0.15, 0.2) is 22.8 Å².